The fourth-order valence-corrected chi connectivity index (χ4v) is 3.47. The van der Waals surface area contributed by atoms with E-state index in [4.69, 9.17) is 0 Å². The summed E-state index contributed by atoms with van der Waals surface area (Å²) in [6.45, 7) is 19.1. The van der Waals surface area contributed by atoms with Gasteiger partial charge in [0.2, 0.25) is 0 Å². The molecule has 2 nitrogen and oxygen atoms in total. The maximum absolute atomic E-state index is 12.0. The topological polar surface area (TPSA) is 37.3 Å². The van der Waals surface area contributed by atoms with E-state index in [0.29, 0.717) is 4.90 Å². The van der Waals surface area contributed by atoms with Crippen molar-refractivity contribution in [1.29, 1.82) is 0 Å². The molecule has 1 aromatic rings. The number of rotatable bonds is 1. The minimum Gasteiger partial charge on any atom is -1.00 e. The van der Waals surface area contributed by atoms with Crippen LogP contribution < -0.4 is 18.9 Å². The normalized spacial score (nSPS) is 14.5. The predicted octanol–water partition coefficient (Wildman–Crippen LogP) is 2.28. The summed E-state index contributed by atoms with van der Waals surface area (Å²) < 4.78 is 21.9. The van der Waals surface area contributed by atoms with Gasteiger partial charge in [-0.3, -0.25) is 0 Å². The van der Waals surface area contributed by atoms with Gasteiger partial charge in [-0.05, 0) is 32.9 Å². The molecule has 0 aliphatic rings. The standard InChI is InChI=1S/C18H30O2S.Li.H/c1-16(2,3)12-10-13(17(4,5)6)15(21(19)20)14(11-12)18(7,8)9;;/h10-11H,1-9H3,(H,19,20);;/q;+1;-1. The van der Waals surface area contributed by atoms with Crippen LogP contribution in [0.5, 0.6) is 0 Å². The Morgan fingerprint density at radius 3 is 1.32 bits per heavy atom. The molecule has 0 saturated heterocycles. The van der Waals surface area contributed by atoms with Crippen LogP contribution in [0.2, 0.25) is 0 Å². The van der Waals surface area contributed by atoms with Gasteiger partial charge in [-0.1, -0.05) is 74.4 Å². The van der Waals surface area contributed by atoms with Gasteiger partial charge >= 0.3 is 18.9 Å². The Kier molecular flexibility index (Phi) is 6.79. The molecule has 1 rings (SSSR count). The number of hydrogen-bond donors (Lipinski definition) is 1. The Bertz CT molecular complexity index is 529. The van der Waals surface area contributed by atoms with E-state index >= 15 is 0 Å². The van der Waals surface area contributed by atoms with Crippen LogP contribution in [0.3, 0.4) is 0 Å². The summed E-state index contributed by atoms with van der Waals surface area (Å²) >= 11 is -1.98. The average Bonchev–Trinajstić information content (AvgIpc) is 2.23. The molecule has 0 bridgehead atoms. The van der Waals surface area contributed by atoms with E-state index in [1.54, 1.807) is 0 Å². The Balaban J connectivity index is 0. The van der Waals surface area contributed by atoms with Gasteiger partial charge in [0.05, 0.1) is 4.90 Å². The molecule has 0 amide bonds. The second kappa shape index (κ2) is 6.81. The first-order chi connectivity index (χ1) is 9.15. The molecule has 0 radical (unpaired) electrons. The Morgan fingerprint density at radius 2 is 1.14 bits per heavy atom. The van der Waals surface area contributed by atoms with Crippen LogP contribution in [0, 0.1) is 0 Å². The maximum atomic E-state index is 12.0. The fourth-order valence-electron chi connectivity index (χ4n) is 2.36. The molecule has 22 heavy (non-hydrogen) atoms. The zero-order valence-electron chi connectivity index (χ0n) is 16.9. The third kappa shape index (κ3) is 4.96. The van der Waals surface area contributed by atoms with E-state index in [0.717, 1.165) is 11.1 Å². The fraction of sp³-hybridized carbons (Fsp3) is 0.667. The minimum atomic E-state index is -1.98. The molecule has 0 spiro atoms. The van der Waals surface area contributed by atoms with Crippen LogP contribution in [0.25, 0.3) is 0 Å². The average molecular weight is 318 g/mol. The van der Waals surface area contributed by atoms with Crippen LogP contribution >= 0.6 is 0 Å². The maximum Gasteiger partial charge on any atom is 1.00 e. The van der Waals surface area contributed by atoms with Crippen molar-refractivity contribution in [1.82, 2.24) is 0 Å². The third-order valence-corrected chi connectivity index (χ3v) is 4.53. The first kappa shape index (κ1) is 21.9. The summed E-state index contributed by atoms with van der Waals surface area (Å²) in [5.41, 5.74) is 2.83. The van der Waals surface area contributed by atoms with Crippen molar-refractivity contribution < 1.29 is 29.0 Å². The smallest absolute Gasteiger partial charge is 1.00 e. The summed E-state index contributed by atoms with van der Waals surface area (Å²) in [6.07, 6.45) is 0. The second-order valence-corrected chi connectivity index (χ2v) is 9.81. The summed E-state index contributed by atoms with van der Waals surface area (Å²) in [5, 5.41) is 0. The third-order valence-electron chi connectivity index (χ3n) is 3.75. The molecule has 4 heteroatoms. The molecule has 0 aliphatic heterocycles. The molecule has 0 aromatic heterocycles. The van der Waals surface area contributed by atoms with Gasteiger partial charge in [0.15, 0.2) is 11.1 Å². The molecule has 0 saturated carbocycles. The Morgan fingerprint density at radius 1 is 0.818 bits per heavy atom. The summed E-state index contributed by atoms with van der Waals surface area (Å²) in [6, 6.07) is 4.22. The van der Waals surface area contributed by atoms with Crippen LogP contribution in [0.4, 0.5) is 0 Å². The molecular formula is C18H31LiO2S. The van der Waals surface area contributed by atoms with Crippen molar-refractivity contribution in [3.05, 3.63) is 28.8 Å². The van der Waals surface area contributed by atoms with E-state index in [2.05, 4.69) is 74.4 Å². The summed E-state index contributed by atoms with van der Waals surface area (Å²) in [5.74, 6) is 0. The summed E-state index contributed by atoms with van der Waals surface area (Å²) in [4.78, 5) is 0.586. The zero-order valence-corrected chi connectivity index (χ0v) is 16.7. The molecule has 1 atom stereocenters. The van der Waals surface area contributed by atoms with Crippen molar-refractivity contribution in [2.45, 2.75) is 83.5 Å². The number of hydrogen-bond acceptors (Lipinski definition) is 1. The van der Waals surface area contributed by atoms with E-state index in [-0.39, 0.29) is 36.5 Å². The van der Waals surface area contributed by atoms with Crippen molar-refractivity contribution in [3.8, 4) is 0 Å². The predicted molar refractivity (Wildman–Crippen MR) is 92.7 cm³/mol. The van der Waals surface area contributed by atoms with Gasteiger partial charge in [-0.25, -0.2) is 4.21 Å². The zero-order chi connectivity index (χ0) is 16.8. The Labute approximate surface area is 152 Å². The van der Waals surface area contributed by atoms with Gasteiger partial charge in [-0.2, -0.15) is 0 Å². The van der Waals surface area contributed by atoms with Gasteiger partial charge in [0, 0.05) is 0 Å². The molecule has 0 heterocycles. The van der Waals surface area contributed by atoms with E-state index < -0.39 is 11.1 Å². The molecule has 1 N–H and O–H groups in total. The first-order valence-corrected chi connectivity index (χ1v) is 8.56. The van der Waals surface area contributed by atoms with E-state index in [9.17, 15) is 8.76 Å². The van der Waals surface area contributed by atoms with Gasteiger partial charge in [0.25, 0.3) is 0 Å². The first-order valence-electron chi connectivity index (χ1n) is 7.46. The van der Waals surface area contributed by atoms with Crippen molar-refractivity contribution in [2.24, 2.45) is 0 Å². The monoisotopic (exact) mass is 318 g/mol. The number of benzene rings is 1. The molecule has 0 aliphatic carbocycles. The van der Waals surface area contributed by atoms with Gasteiger partial charge in [0.1, 0.15) is 0 Å². The Hall–Kier alpha value is -0.0726. The SMILES string of the molecule is CC(C)(C)c1cc(C(C)(C)C)c(S(=O)O)c(C(C)(C)C)c1.[H-].[Li+]. The minimum absolute atomic E-state index is 0. The van der Waals surface area contributed by atoms with Gasteiger partial charge < -0.3 is 5.98 Å². The molecule has 0 fully saturated rings. The molecule has 1 aromatic carbocycles. The van der Waals surface area contributed by atoms with Gasteiger partial charge in [-0.15, -0.1) is 0 Å². The quantitative estimate of drug-likeness (QED) is 0.637. The van der Waals surface area contributed by atoms with Crippen molar-refractivity contribution in [2.75, 3.05) is 0 Å². The van der Waals surface area contributed by atoms with Crippen LogP contribution in [0.15, 0.2) is 17.0 Å². The van der Waals surface area contributed by atoms with Crippen molar-refractivity contribution in [3.63, 3.8) is 0 Å². The largest absolute Gasteiger partial charge is 1.00 e. The second-order valence-electron chi connectivity index (χ2n) is 8.90. The molecule has 122 valence electrons. The van der Waals surface area contributed by atoms with E-state index in [1.165, 1.54) is 5.56 Å². The van der Waals surface area contributed by atoms with Crippen molar-refractivity contribution >= 4 is 11.1 Å². The molecular weight excluding hydrogens is 287 g/mol. The van der Waals surface area contributed by atoms with E-state index in [1.807, 2.05) is 0 Å². The van der Waals surface area contributed by atoms with Crippen LogP contribution in [0.1, 0.15) is 80.4 Å². The van der Waals surface area contributed by atoms with Crippen LogP contribution in [-0.4, -0.2) is 8.76 Å². The molecule has 1 unspecified atom stereocenters. The summed E-state index contributed by atoms with van der Waals surface area (Å²) in [7, 11) is 0. The van der Waals surface area contributed by atoms with Crippen LogP contribution in [-0.2, 0) is 27.3 Å².